The van der Waals surface area contributed by atoms with E-state index in [1.54, 1.807) is 11.4 Å². The van der Waals surface area contributed by atoms with Gasteiger partial charge in [0.05, 0.1) is 16.1 Å². The summed E-state index contributed by atoms with van der Waals surface area (Å²) in [6.45, 7) is 6.54. The van der Waals surface area contributed by atoms with Crippen molar-refractivity contribution in [2.75, 3.05) is 18.4 Å². The number of anilines is 1. The maximum Gasteiger partial charge on any atom is 0.417 e. The van der Waals surface area contributed by atoms with E-state index in [0.29, 0.717) is 37.5 Å². The standard InChI is InChI=1S/C24H25F3N4O3S/c1-23(2,3)18-12-19(30-34-18)29-20(32)17-13-35-21(28-17)14-8-10-31(11-9-14)22(33)15-6-4-5-7-16(15)24(25,26)27/h4-7,12-14H,8-11H2,1-3H3,(H,29,30,32). The van der Waals surface area contributed by atoms with E-state index in [0.717, 1.165) is 11.1 Å². The zero-order valence-corrected chi connectivity index (χ0v) is 20.3. The van der Waals surface area contributed by atoms with Gasteiger partial charge in [0.1, 0.15) is 11.5 Å². The molecule has 2 aromatic heterocycles. The van der Waals surface area contributed by atoms with Crippen molar-refractivity contribution in [3.63, 3.8) is 0 Å². The molecular weight excluding hydrogens is 481 g/mol. The highest BCUT2D eigenvalue weighted by atomic mass is 32.1. The van der Waals surface area contributed by atoms with Crippen LogP contribution in [0.3, 0.4) is 0 Å². The number of likely N-dealkylation sites (tertiary alicyclic amines) is 1. The van der Waals surface area contributed by atoms with Gasteiger partial charge in [-0.2, -0.15) is 13.2 Å². The molecule has 11 heteroatoms. The first-order valence-electron chi connectivity index (χ1n) is 11.1. The van der Waals surface area contributed by atoms with Crippen molar-refractivity contribution in [2.24, 2.45) is 0 Å². The molecular formula is C24H25F3N4O3S. The molecule has 4 rings (SSSR count). The number of nitrogens with zero attached hydrogens (tertiary/aromatic N) is 3. The monoisotopic (exact) mass is 506 g/mol. The van der Waals surface area contributed by atoms with Crippen LogP contribution in [0.1, 0.15) is 76.7 Å². The average molecular weight is 507 g/mol. The average Bonchev–Trinajstić information content (AvgIpc) is 3.48. The van der Waals surface area contributed by atoms with Gasteiger partial charge in [-0.05, 0) is 25.0 Å². The molecule has 3 aromatic rings. The normalized spacial score (nSPS) is 15.3. The number of halogens is 3. The van der Waals surface area contributed by atoms with Gasteiger partial charge in [-0.15, -0.1) is 11.3 Å². The molecule has 0 radical (unpaired) electrons. The van der Waals surface area contributed by atoms with E-state index in [2.05, 4.69) is 15.5 Å². The third-order valence-electron chi connectivity index (χ3n) is 5.84. The largest absolute Gasteiger partial charge is 0.417 e. The number of carbonyl (C=O) groups excluding carboxylic acids is 2. The van der Waals surface area contributed by atoms with Crippen molar-refractivity contribution in [3.8, 4) is 0 Å². The molecule has 1 aliphatic rings. The van der Waals surface area contributed by atoms with Crippen LogP contribution in [-0.2, 0) is 11.6 Å². The molecule has 0 saturated carbocycles. The van der Waals surface area contributed by atoms with E-state index in [-0.39, 0.29) is 22.6 Å². The van der Waals surface area contributed by atoms with Crippen LogP contribution in [0.2, 0.25) is 0 Å². The summed E-state index contributed by atoms with van der Waals surface area (Å²) in [6.07, 6.45) is -3.50. The third-order valence-corrected chi connectivity index (χ3v) is 6.85. The molecule has 2 amide bonds. The van der Waals surface area contributed by atoms with E-state index in [4.69, 9.17) is 4.52 Å². The van der Waals surface area contributed by atoms with Crippen LogP contribution < -0.4 is 5.32 Å². The van der Waals surface area contributed by atoms with Crippen LogP contribution in [0.4, 0.5) is 19.0 Å². The van der Waals surface area contributed by atoms with Crippen molar-refractivity contribution in [1.29, 1.82) is 0 Å². The molecule has 0 unspecified atom stereocenters. The highest BCUT2D eigenvalue weighted by molar-refractivity contribution is 7.10. The maximum atomic E-state index is 13.3. The number of thiazole rings is 1. The molecule has 1 aromatic carbocycles. The summed E-state index contributed by atoms with van der Waals surface area (Å²) in [5.41, 5.74) is -1.25. The summed E-state index contributed by atoms with van der Waals surface area (Å²) in [4.78, 5) is 31.3. The fourth-order valence-corrected chi connectivity index (χ4v) is 4.84. The molecule has 3 heterocycles. The number of amides is 2. The summed E-state index contributed by atoms with van der Waals surface area (Å²) in [6, 6.07) is 6.51. The Morgan fingerprint density at radius 2 is 1.83 bits per heavy atom. The first kappa shape index (κ1) is 24.9. The molecule has 1 saturated heterocycles. The predicted octanol–water partition coefficient (Wildman–Crippen LogP) is 5.72. The zero-order valence-electron chi connectivity index (χ0n) is 19.5. The molecule has 186 valence electrons. The highest BCUT2D eigenvalue weighted by Gasteiger charge is 2.36. The van der Waals surface area contributed by atoms with Crippen LogP contribution in [0.25, 0.3) is 0 Å². The lowest BCUT2D eigenvalue weighted by Gasteiger charge is -2.31. The van der Waals surface area contributed by atoms with Crippen LogP contribution in [0.5, 0.6) is 0 Å². The minimum Gasteiger partial charge on any atom is -0.359 e. The summed E-state index contributed by atoms with van der Waals surface area (Å²) in [5, 5.41) is 8.97. The Kier molecular flexibility index (Phi) is 6.72. The SMILES string of the molecule is CC(C)(C)c1cc(NC(=O)c2csc(C3CCN(C(=O)c4ccccc4C(F)(F)F)CC3)n2)no1. The summed E-state index contributed by atoms with van der Waals surface area (Å²) in [7, 11) is 0. The van der Waals surface area contributed by atoms with Crippen LogP contribution in [0, 0.1) is 0 Å². The Hall–Kier alpha value is -3.21. The molecule has 0 bridgehead atoms. The third kappa shape index (κ3) is 5.55. The Labute approximate surface area is 204 Å². The number of nitrogens with one attached hydrogen (secondary N) is 1. The number of aromatic nitrogens is 2. The topological polar surface area (TPSA) is 88.3 Å². The van der Waals surface area contributed by atoms with E-state index in [1.807, 2.05) is 20.8 Å². The van der Waals surface area contributed by atoms with Gasteiger partial charge in [0.2, 0.25) is 0 Å². The lowest BCUT2D eigenvalue weighted by molar-refractivity contribution is -0.138. The Morgan fingerprint density at radius 3 is 2.46 bits per heavy atom. The van der Waals surface area contributed by atoms with Gasteiger partial charge in [0.15, 0.2) is 5.82 Å². The van der Waals surface area contributed by atoms with Crippen LogP contribution in [0.15, 0.2) is 40.2 Å². The summed E-state index contributed by atoms with van der Waals surface area (Å²) < 4.78 is 45.2. The Bertz CT molecular complexity index is 1220. The molecule has 7 nitrogen and oxygen atoms in total. The van der Waals surface area contributed by atoms with Gasteiger partial charge >= 0.3 is 6.18 Å². The Balaban J connectivity index is 1.37. The second kappa shape index (κ2) is 9.44. The zero-order chi connectivity index (χ0) is 25.4. The highest BCUT2D eigenvalue weighted by Crippen LogP contribution is 2.35. The number of carbonyl (C=O) groups is 2. The van der Waals surface area contributed by atoms with Crippen molar-refractivity contribution in [1.82, 2.24) is 15.0 Å². The van der Waals surface area contributed by atoms with Crippen molar-refractivity contribution >= 4 is 29.0 Å². The smallest absolute Gasteiger partial charge is 0.359 e. The van der Waals surface area contributed by atoms with Gasteiger partial charge in [0.25, 0.3) is 11.8 Å². The number of benzene rings is 1. The first-order valence-corrected chi connectivity index (χ1v) is 12.0. The van der Waals surface area contributed by atoms with Gasteiger partial charge < -0.3 is 14.7 Å². The number of hydrogen-bond donors (Lipinski definition) is 1. The molecule has 35 heavy (non-hydrogen) atoms. The predicted molar refractivity (Wildman–Crippen MR) is 125 cm³/mol. The van der Waals surface area contributed by atoms with Gasteiger partial charge in [-0.3, -0.25) is 9.59 Å². The fraction of sp³-hybridized carbons (Fsp3) is 0.417. The maximum absolute atomic E-state index is 13.3. The number of hydrogen-bond acceptors (Lipinski definition) is 6. The van der Waals surface area contributed by atoms with E-state index in [1.165, 1.54) is 34.4 Å². The molecule has 0 spiro atoms. The lowest BCUT2D eigenvalue weighted by Crippen LogP contribution is -2.38. The second-order valence-corrected chi connectivity index (χ2v) is 10.4. The van der Waals surface area contributed by atoms with Gasteiger partial charge in [-0.25, -0.2) is 4.98 Å². The molecule has 0 atom stereocenters. The summed E-state index contributed by atoms with van der Waals surface area (Å²) >= 11 is 1.35. The number of rotatable bonds is 4. The molecule has 1 fully saturated rings. The van der Waals surface area contributed by atoms with E-state index < -0.39 is 23.6 Å². The fourth-order valence-electron chi connectivity index (χ4n) is 3.86. The van der Waals surface area contributed by atoms with Gasteiger partial charge in [-0.1, -0.05) is 38.1 Å². The second-order valence-electron chi connectivity index (χ2n) is 9.46. The van der Waals surface area contributed by atoms with Crippen molar-refractivity contribution in [3.05, 3.63) is 63.3 Å². The number of piperidine rings is 1. The molecule has 0 aliphatic carbocycles. The van der Waals surface area contributed by atoms with Crippen molar-refractivity contribution in [2.45, 2.75) is 51.1 Å². The van der Waals surface area contributed by atoms with Crippen molar-refractivity contribution < 1.29 is 27.3 Å². The lowest BCUT2D eigenvalue weighted by atomic mass is 9.93. The number of alkyl halides is 3. The molecule has 1 aliphatic heterocycles. The minimum absolute atomic E-state index is 0.0167. The Morgan fingerprint density at radius 1 is 1.14 bits per heavy atom. The van der Waals surface area contributed by atoms with Crippen LogP contribution in [-0.4, -0.2) is 39.9 Å². The first-order chi connectivity index (χ1) is 16.4. The summed E-state index contributed by atoms with van der Waals surface area (Å²) in [5.74, 6) is -0.0650. The van der Waals surface area contributed by atoms with E-state index in [9.17, 15) is 22.8 Å². The minimum atomic E-state index is -4.59. The quantitative estimate of drug-likeness (QED) is 0.489. The van der Waals surface area contributed by atoms with Gasteiger partial charge in [0, 0.05) is 35.9 Å². The van der Waals surface area contributed by atoms with Crippen LogP contribution >= 0.6 is 11.3 Å². The van der Waals surface area contributed by atoms with E-state index >= 15 is 0 Å². The molecule has 1 N–H and O–H groups in total.